The predicted octanol–water partition coefficient (Wildman–Crippen LogP) is -5.65. The molecule has 0 bridgehead atoms. The minimum atomic E-state index is 0. The van der Waals surface area contributed by atoms with Crippen LogP contribution in [-0.4, -0.2) is 5.48 Å². The Hall–Kier alpha value is -1.04. The van der Waals surface area contributed by atoms with E-state index in [1.165, 1.54) is 11.0 Å². The molecule has 0 unspecified atom stereocenters. The molecule has 0 aliphatic carbocycles. The highest BCUT2D eigenvalue weighted by molar-refractivity contribution is 5.65. The molecule has 3 aromatic heterocycles. The zero-order chi connectivity index (χ0) is 9.38. The second-order valence-corrected chi connectivity index (χ2v) is 3.28. The first-order valence-corrected chi connectivity index (χ1v) is 4.64. The minimum absolute atomic E-state index is 0. The van der Waals surface area contributed by atoms with Gasteiger partial charge in [0.1, 0.15) is 0 Å². The Balaban J connectivity index is 0.000000853. The first-order chi connectivity index (χ1) is 6.95. The van der Waals surface area contributed by atoms with E-state index in [9.17, 15) is 0 Å². The predicted molar refractivity (Wildman–Crippen MR) is 56.4 cm³/mol. The van der Waals surface area contributed by atoms with E-state index in [2.05, 4.69) is 57.9 Å². The Bertz CT molecular complexity index is 561. The highest BCUT2D eigenvalue weighted by Gasteiger charge is 2.11. The van der Waals surface area contributed by atoms with Crippen molar-refractivity contribution in [2.75, 3.05) is 0 Å². The average Bonchev–Trinajstić information content (AvgIpc) is 2.29. The summed E-state index contributed by atoms with van der Waals surface area (Å²) in [6.45, 7) is 0. The van der Waals surface area contributed by atoms with Crippen LogP contribution in [0.25, 0.3) is 11.0 Å². The molecule has 0 aliphatic heterocycles. The molecule has 5 heteroatoms. The topological polar surface area (TPSA) is 39.7 Å². The van der Waals surface area contributed by atoms with Gasteiger partial charge in [-0.25, -0.2) is 0 Å². The summed E-state index contributed by atoms with van der Waals surface area (Å²) in [6.07, 6.45) is 8.23. The number of nitrogens with zero attached hydrogens (tertiary/aromatic N) is 2. The first kappa shape index (κ1) is 16.0. The molecule has 0 aromatic carbocycles. The third kappa shape index (κ3) is 2.80. The molecule has 0 fully saturated rings. The summed E-state index contributed by atoms with van der Waals surface area (Å²) in [5.74, 6) is 0. The second-order valence-electron chi connectivity index (χ2n) is 3.28. The molecule has 3 rings (SSSR count). The molecule has 0 saturated carbocycles. The Morgan fingerprint density at radius 1 is 0.588 bits per heavy atom. The molecule has 3 nitrogen and oxygen atoms in total. The van der Waals surface area contributed by atoms with Crippen LogP contribution in [0.5, 0.6) is 0 Å². The zero-order valence-electron chi connectivity index (χ0n) is 8.92. The Kier molecular flexibility index (Phi) is 6.23. The number of halogens is 2. The van der Waals surface area contributed by atoms with Crippen LogP contribution in [0.4, 0.5) is 0 Å². The molecule has 2 N–H and O–H groups in total. The van der Waals surface area contributed by atoms with Crippen molar-refractivity contribution < 1.29 is 48.2 Å². The van der Waals surface area contributed by atoms with Crippen LogP contribution in [0.2, 0.25) is 0 Å². The average molecular weight is 360 g/mol. The Labute approximate surface area is 120 Å². The van der Waals surface area contributed by atoms with Gasteiger partial charge in [0.15, 0.2) is 12.4 Å². The van der Waals surface area contributed by atoms with Gasteiger partial charge < -0.3 is 39.4 Å². The number of rotatable bonds is 0. The van der Waals surface area contributed by atoms with E-state index in [0.717, 1.165) is 0 Å². The van der Waals surface area contributed by atoms with Crippen LogP contribution < -0.4 is 42.8 Å². The fourth-order valence-electron chi connectivity index (χ4n) is 1.75. The number of fused-ring (bicyclic) bond motifs is 3. The maximum absolute atomic E-state index is 2.12. The quantitative estimate of drug-likeness (QED) is 0.284. The van der Waals surface area contributed by atoms with Crippen molar-refractivity contribution in [3.63, 3.8) is 0 Å². The summed E-state index contributed by atoms with van der Waals surface area (Å²) in [6, 6.07) is 12.4. The maximum atomic E-state index is 2.12. The van der Waals surface area contributed by atoms with Crippen LogP contribution in [0.3, 0.4) is 0 Å². The van der Waals surface area contributed by atoms with Gasteiger partial charge in [0.2, 0.25) is 12.4 Å². The molecule has 90 valence electrons. The Morgan fingerprint density at radius 2 is 1.00 bits per heavy atom. The zero-order valence-corrected chi connectivity index (χ0v) is 12.1. The monoisotopic (exact) mass is 358 g/mol. The number of hydrogen-bond acceptors (Lipinski definition) is 0. The molecule has 0 aliphatic rings. The number of hydrogen-bond donors (Lipinski definition) is 0. The molecule has 3 aromatic rings. The molecule has 0 radical (unpaired) electrons. The van der Waals surface area contributed by atoms with Crippen molar-refractivity contribution in [2.24, 2.45) is 0 Å². The lowest BCUT2D eigenvalue weighted by Gasteiger charge is -1.90. The lowest BCUT2D eigenvalue weighted by atomic mass is 10.3. The summed E-state index contributed by atoms with van der Waals surface area (Å²) in [5.41, 5.74) is 2.44. The smallest absolute Gasteiger partial charge is 0.283 e. The lowest BCUT2D eigenvalue weighted by Crippen LogP contribution is -3.00. The van der Waals surface area contributed by atoms with E-state index >= 15 is 0 Å². The van der Waals surface area contributed by atoms with E-state index in [-0.39, 0.29) is 39.4 Å². The molecule has 0 amide bonds. The summed E-state index contributed by atoms with van der Waals surface area (Å²) in [7, 11) is 0. The second kappa shape index (κ2) is 6.64. The van der Waals surface area contributed by atoms with Crippen molar-refractivity contribution in [1.29, 1.82) is 0 Å². The van der Waals surface area contributed by atoms with Crippen LogP contribution in [0, 0.1) is 0 Å². The standard InChI is InChI=1S/C12H10N2.2BrH.H2O/c1-3-7-13-9-10-14-8-4-2-6-12(14)11(13)5-1;;;/h1-10H;2*1H;1H2/q+2;;;/p-2. The summed E-state index contributed by atoms with van der Waals surface area (Å²) >= 11 is 0. The molecule has 0 saturated heterocycles. The largest absolute Gasteiger partial charge is 1.00 e. The van der Waals surface area contributed by atoms with Gasteiger partial charge in [0.25, 0.3) is 11.0 Å². The number of aromatic nitrogens is 2. The van der Waals surface area contributed by atoms with Gasteiger partial charge in [-0.2, -0.15) is 8.80 Å². The van der Waals surface area contributed by atoms with Crippen molar-refractivity contribution in [1.82, 2.24) is 0 Å². The molecule has 0 spiro atoms. The summed E-state index contributed by atoms with van der Waals surface area (Å²) in [5, 5.41) is 0. The highest BCUT2D eigenvalue weighted by atomic mass is 79.9. The van der Waals surface area contributed by atoms with Crippen LogP contribution in [-0.2, 0) is 0 Å². The van der Waals surface area contributed by atoms with Crippen molar-refractivity contribution in [3.05, 3.63) is 61.2 Å². The van der Waals surface area contributed by atoms with E-state index in [0.29, 0.717) is 0 Å². The number of pyridine rings is 2. The van der Waals surface area contributed by atoms with Crippen molar-refractivity contribution >= 4 is 11.0 Å². The normalized spacial score (nSPS) is 8.94. The van der Waals surface area contributed by atoms with Gasteiger partial charge in [0, 0.05) is 24.3 Å². The molecule has 3 heterocycles. The summed E-state index contributed by atoms with van der Waals surface area (Å²) < 4.78 is 4.24. The molecule has 0 atom stereocenters. The van der Waals surface area contributed by atoms with E-state index in [1.54, 1.807) is 0 Å². The first-order valence-electron chi connectivity index (χ1n) is 4.64. The van der Waals surface area contributed by atoms with Crippen LogP contribution in [0.1, 0.15) is 0 Å². The van der Waals surface area contributed by atoms with Crippen LogP contribution in [0.15, 0.2) is 61.2 Å². The maximum Gasteiger partial charge on any atom is 0.283 e. The van der Waals surface area contributed by atoms with Gasteiger partial charge in [-0.1, -0.05) is 0 Å². The SMILES string of the molecule is O.[Br-].[Br-].c1cc[n+]2cc[n+]3ccccc3c2c1. The van der Waals surface area contributed by atoms with Gasteiger partial charge in [-0.3, -0.25) is 0 Å². The van der Waals surface area contributed by atoms with Gasteiger partial charge >= 0.3 is 0 Å². The lowest BCUT2D eigenvalue weighted by molar-refractivity contribution is -0.564. The van der Waals surface area contributed by atoms with Gasteiger partial charge in [0.05, 0.1) is 0 Å². The fourth-order valence-corrected chi connectivity index (χ4v) is 1.75. The van der Waals surface area contributed by atoms with E-state index in [1.807, 2.05) is 12.1 Å². The molecular formula is C12H12Br2N2O. The van der Waals surface area contributed by atoms with Crippen molar-refractivity contribution in [2.45, 2.75) is 0 Å². The molecule has 17 heavy (non-hydrogen) atoms. The third-order valence-corrected chi connectivity index (χ3v) is 2.43. The van der Waals surface area contributed by atoms with Gasteiger partial charge in [-0.15, -0.1) is 0 Å². The minimum Gasteiger partial charge on any atom is -1.00 e. The van der Waals surface area contributed by atoms with Gasteiger partial charge in [-0.05, 0) is 12.1 Å². The van der Waals surface area contributed by atoms with E-state index in [4.69, 9.17) is 0 Å². The molecular weight excluding hydrogens is 348 g/mol. The third-order valence-electron chi connectivity index (χ3n) is 2.43. The van der Waals surface area contributed by atoms with Crippen LogP contribution >= 0.6 is 0 Å². The Morgan fingerprint density at radius 3 is 1.41 bits per heavy atom. The highest BCUT2D eigenvalue weighted by Crippen LogP contribution is 2.01. The summed E-state index contributed by atoms with van der Waals surface area (Å²) in [4.78, 5) is 0. The van der Waals surface area contributed by atoms with Crippen molar-refractivity contribution in [3.8, 4) is 0 Å². The van der Waals surface area contributed by atoms with E-state index < -0.39 is 0 Å². The fraction of sp³-hybridized carbons (Fsp3) is 0.